The molecule has 2 aliphatic heterocycles. The van der Waals surface area contributed by atoms with E-state index in [0.717, 1.165) is 70.3 Å². The van der Waals surface area contributed by atoms with Crippen LogP contribution in [-0.2, 0) is 45.6 Å². The number of phosphoric acid groups is 1. The zero-order valence-corrected chi connectivity index (χ0v) is 38.2. The summed E-state index contributed by atoms with van der Waals surface area (Å²) in [5.41, 5.74) is 14.0. The summed E-state index contributed by atoms with van der Waals surface area (Å²) in [7, 11) is -4.20. The zero-order chi connectivity index (χ0) is 45.7. The summed E-state index contributed by atoms with van der Waals surface area (Å²) in [4.78, 5) is 47.9. The molecule has 5 heterocycles. The van der Waals surface area contributed by atoms with Crippen molar-refractivity contribution in [2.45, 2.75) is 84.5 Å². The maximum Gasteiger partial charge on any atom is 0.478 e. The largest absolute Gasteiger partial charge is 0.478 e. The first-order valence-corrected chi connectivity index (χ1v) is 23.6. The lowest BCUT2D eigenvalue weighted by Gasteiger charge is -2.31. The third-order valence-electron chi connectivity index (χ3n) is 12.5. The van der Waals surface area contributed by atoms with Gasteiger partial charge in [0.1, 0.15) is 12.9 Å². The number of aromatic nitrogens is 4. The monoisotopic (exact) mass is 905 g/mol. The maximum atomic E-state index is 14.7. The van der Waals surface area contributed by atoms with Crippen molar-refractivity contribution in [2.24, 2.45) is 5.73 Å². The molecule has 3 aromatic carbocycles. The van der Waals surface area contributed by atoms with Crippen LogP contribution in [0.4, 0.5) is 9.59 Å². The minimum Gasteiger partial charge on any atom is -0.447 e. The van der Waals surface area contributed by atoms with E-state index in [1.807, 2.05) is 86.8 Å². The number of nitrogens with zero attached hydrogens (tertiary/aromatic N) is 6. The fourth-order valence-electron chi connectivity index (χ4n) is 8.98. The van der Waals surface area contributed by atoms with E-state index in [1.165, 1.54) is 16.8 Å². The first-order chi connectivity index (χ1) is 31.4. The van der Waals surface area contributed by atoms with Crippen LogP contribution in [0.2, 0.25) is 0 Å². The Hall–Kier alpha value is -5.90. The Morgan fingerprint density at radius 3 is 2.15 bits per heavy atom. The van der Waals surface area contributed by atoms with Gasteiger partial charge < -0.3 is 20.1 Å². The second-order valence-corrected chi connectivity index (χ2v) is 18.7. The Bertz CT molecular complexity index is 2650. The van der Waals surface area contributed by atoms with Gasteiger partial charge in [-0.3, -0.25) is 18.7 Å². The summed E-state index contributed by atoms with van der Waals surface area (Å²) in [6.45, 7) is 9.53. The van der Waals surface area contributed by atoms with E-state index in [4.69, 9.17) is 28.8 Å². The SMILES string of the molecule is Cc1c(-c2c(C(C)C)c3cc(C4CCN(CC(N)=O)CC4)ccc3n2C(=O)OC[C@@H]2CCCN2C(=O)OCOP(=O)(OCc2ccccc2)OCc2ccccc2)cn2ncnc2c1C. The molecule has 342 valence electrons. The summed E-state index contributed by atoms with van der Waals surface area (Å²) in [6, 6.07) is 24.2. The summed E-state index contributed by atoms with van der Waals surface area (Å²) < 4.78 is 45.7. The molecule has 0 spiro atoms. The van der Waals surface area contributed by atoms with Crippen molar-refractivity contribution in [3.05, 3.63) is 125 Å². The van der Waals surface area contributed by atoms with E-state index in [0.29, 0.717) is 30.6 Å². The van der Waals surface area contributed by atoms with E-state index in [2.05, 4.69) is 41.0 Å². The summed E-state index contributed by atoms with van der Waals surface area (Å²) in [5.74, 6) is -0.0520. The molecule has 17 heteroatoms. The van der Waals surface area contributed by atoms with E-state index in [9.17, 15) is 18.9 Å². The van der Waals surface area contributed by atoms with Crippen molar-refractivity contribution < 1.29 is 42.0 Å². The van der Waals surface area contributed by atoms with Crippen LogP contribution in [0.3, 0.4) is 0 Å². The van der Waals surface area contributed by atoms with Crippen LogP contribution in [0, 0.1) is 13.8 Å². The van der Waals surface area contributed by atoms with Crippen LogP contribution in [0.5, 0.6) is 0 Å². The second-order valence-electron chi connectivity index (χ2n) is 17.1. The second kappa shape index (κ2) is 20.1. The van der Waals surface area contributed by atoms with Gasteiger partial charge in [-0.2, -0.15) is 5.10 Å². The minimum absolute atomic E-state index is 0.00505. The normalized spacial score (nSPS) is 16.2. The highest BCUT2D eigenvalue weighted by atomic mass is 31.2. The Labute approximate surface area is 378 Å². The van der Waals surface area contributed by atoms with Crippen molar-refractivity contribution in [1.29, 1.82) is 0 Å². The van der Waals surface area contributed by atoms with Crippen LogP contribution >= 0.6 is 7.82 Å². The van der Waals surface area contributed by atoms with Crippen LogP contribution < -0.4 is 5.73 Å². The Kier molecular flexibility index (Phi) is 14.1. The number of carbonyl (C=O) groups excluding carboxylic acids is 3. The van der Waals surface area contributed by atoms with E-state index >= 15 is 0 Å². The fraction of sp³-hybridized carbons (Fsp3) is 0.396. The first-order valence-electron chi connectivity index (χ1n) is 22.1. The third kappa shape index (κ3) is 10.3. The molecule has 1 atom stereocenters. The van der Waals surface area contributed by atoms with Gasteiger partial charge in [-0.1, -0.05) is 80.6 Å². The topological polar surface area (TPSA) is 182 Å². The van der Waals surface area contributed by atoms with Gasteiger partial charge in [0.15, 0.2) is 5.65 Å². The van der Waals surface area contributed by atoms with Gasteiger partial charge in [-0.15, -0.1) is 0 Å². The molecule has 6 aromatic rings. The molecular formula is C48H56N7O9P. The molecule has 2 fully saturated rings. The van der Waals surface area contributed by atoms with E-state index in [-0.39, 0.29) is 44.1 Å². The molecule has 0 bridgehead atoms. The molecule has 0 aliphatic carbocycles. The van der Waals surface area contributed by atoms with Crippen LogP contribution in [-0.4, -0.2) is 92.7 Å². The van der Waals surface area contributed by atoms with E-state index in [1.54, 1.807) is 9.08 Å². The van der Waals surface area contributed by atoms with Crippen molar-refractivity contribution in [2.75, 3.05) is 39.6 Å². The van der Waals surface area contributed by atoms with Gasteiger partial charge in [0.2, 0.25) is 12.7 Å². The molecule has 2 N–H and O–H groups in total. The van der Waals surface area contributed by atoms with Crippen LogP contribution in [0.1, 0.15) is 84.7 Å². The molecule has 2 aliphatic rings. The first kappa shape index (κ1) is 45.7. The highest BCUT2D eigenvalue weighted by Gasteiger charge is 2.35. The molecule has 65 heavy (non-hydrogen) atoms. The van der Waals surface area contributed by atoms with Crippen molar-refractivity contribution in [1.82, 2.24) is 29.0 Å². The average Bonchev–Trinajstić information content (AvgIpc) is 4.07. The molecule has 16 nitrogen and oxygen atoms in total. The number of fused-ring (bicyclic) bond motifs is 2. The lowest BCUT2D eigenvalue weighted by Crippen LogP contribution is -2.39. The number of primary amides is 1. The molecule has 0 unspecified atom stereocenters. The standard InChI is InChI=1S/C48H56N7O9P/c1-32(2)44-40-24-38(37-19-22-52(23-20-37)26-43(49)56)17-18-42(40)55(45(44)41-25-54-46(50-30-51-54)34(4)33(41)3)48(58)60-29-39-16-11-21-53(39)47(57)61-31-64-65(59,62-27-35-12-7-5-8-13-35)63-28-36-14-9-6-10-15-36/h5-10,12-15,17-18,24-25,30,32,37,39H,11,16,19-23,26-29,31H2,1-4H3,(H2,49,56)/t39-/m0/s1. The molecule has 0 radical (unpaired) electrons. The maximum absolute atomic E-state index is 14.7. The highest BCUT2D eigenvalue weighted by Crippen LogP contribution is 2.51. The van der Waals surface area contributed by atoms with Crippen molar-refractivity contribution >= 4 is 42.5 Å². The number of ether oxygens (including phenoxy) is 2. The molecular weight excluding hydrogens is 850 g/mol. The van der Waals surface area contributed by atoms with Crippen molar-refractivity contribution in [3.8, 4) is 11.3 Å². The van der Waals surface area contributed by atoms with Gasteiger partial charge in [-0.25, -0.2) is 32.7 Å². The average molecular weight is 906 g/mol. The Morgan fingerprint density at radius 2 is 1.51 bits per heavy atom. The molecule has 3 aromatic heterocycles. The number of benzene rings is 3. The van der Waals surface area contributed by atoms with Crippen LogP contribution in [0.25, 0.3) is 27.8 Å². The number of piperidine rings is 1. The number of phosphoric ester groups is 1. The third-order valence-corrected chi connectivity index (χ3v) is 13.8. The Morgan fingerprint density at radius 1 is 0.831 bits per heavy atom. The number of likely N-dealkylation sites (tertiary alicyclic amines) is 2. The number of pyridine rings is 1. The number of hydrogen-bond donors (Lipinski definition) is 1. The number of nitrogens with two attached hydrogens (primary N) is 1. The molecule has 2 saturated heterocycles. The molecule has 2 amide bonds. The van der Waals surface area contributed by atoms with Gasteiger partial charge in [0, 0.05) is 23.7 Å². The highest BCUT2D eigenvalue weighted by molar-refractivity contribution is 7.48. The lowest BCUT2D eigenvalue weighted by molar-refractivity contribution is -0.119. The number of aryl methyl sites for hydroxylation is 1. The summed E-state index contributed by atoms with van der Waals surface area (Å²) in [5, 5.41) is 5.41. The minimum atomic E-state index is -4.20. The number of rotatable bonds is 16. The zero-order valence-electron chi connectivity index (χ0n) is 37.3. The number of hydrogen-bond acceptors (Lipinski definition) is 12. The van der Waals surface area contributed by atoms with Gasteiger partial charge in [0.05, 0.1) is 37.0 Å². The van der Waals surface area contributed by atoms with Crippen LogP contribution in [0.15, 0.2) is 91.4 Å². The predicted octanol–water partition coefficient (Wildman–Crippen LogP) is 8.86. The smallest absolute Gasteiger partial charge is 0.447 e. The summed E-state index contributed by atoms with van der Waals surface area (Å²) in [6.07, 6.45) is 5.12. The summed E-state index contributed by atoms with van der Waals surface area (Å²) >= 11 is 0. The lowest BCUT2D eigenvalue weighted by atomic mass is 9.87. The fourth-order valence-corrected chi connectivity index (χ4v) is 10.0. The number of amides is 2. The van der Waals surface area contributed by atoms with Gasteiger partial charge in [0.25, 0.3) is 0 Å². The van der Waals surface area contributed by atoms with Crippen molar-refractivity contribution in [3.63, 3.8) is 0 Å². The molecule has 8 rings (SSSR count). The predicted molar refractivity (Wildman–Crippen MR) is 244 cm³/mol. The van der Waals surface area contributed by atoms with E-state index < -0.39 is 32.8 Å². The Balaban J connectivity index is 1.01. The van der Waals surface area contributed by atoms with Gasteiger partial charge in [-0.05, 0) is 110 Å². The molecule has 0 saturated carbocycles. The quantitative estimate of drug-likeness (QED) is 0.0721. The number of carbonyl (C=O) groups is 3. The van der Waals surface area contributed by atoms with Gasteiger partial charge >= 0.3 is 20.0 Å².